The van der Waals surface area contributed by atoms with Crippen LogP contribution in [0.2, 0.25) is 0 Å². The minimum Gasteiger partial charge on any atom is -0.497 e. The van der Waals surface area contributed by atoms with Gasteiger partial charge in [0.15, 0.2) is 0 Å². The number of aryl methyl sites for hydroxylation is 1. The van der Waals surface area contributed by atoms with Crippen LogP contribution in [-0.2, 0) is 11.8 Å². The summed E-state index contributed by atoms with van der Waals surface area (Å²) in [6, 6.07) is 8.10. The molecule has 2 aliphatic rings. The van der Waals surface area contributed by atoms with Crippen molar-refractivity contribution in [3.63, 3.8) is 0 Å². The van der Waals surface area contributed by atoms with Gasteiger partial charge in [-0.25, -0.2) is 0 Å². The van der Waals surface area contributed by atoms with Crippen LogP contribution < -0.4 is 9.64 Å². The smallest absolute Gasteiger partial charge is 0.230 e. The lowest BCUT2D eigenvalue weighted by atomic mass is 10.1. The van der Waals surface area contributed by atoms with E-state index in [9.17, 15) is 4.79 Å². The maximum Gasteiger partial charge on any atom is 0.230 e. The van der Waals surface area contributed by atoms with E-state index in [-0.39, 0.29) is 17.9 Å². The van der Waals surface area contributed by atoms with Gasteiger partial charge in [-0.15, -0.1) is 0 Å². The molecule has 2 fully saturated rings. The number of ether oxygens (including phenoxy) is 1. The molecule has 5 heteroatoms. The number of methoxy groups -OCH3 is 1. The highest BCUT2D eigenvalue weighted by Crippen LogP contribution is 2.50. The SMILES string of the molecule is COc1ccc(N(C(=O)C2CC2c2cnn(C)c2)C(C)C2CC2)cc1. The number of hydrogen-bond acceptors (Lipinski definition) is 3. The summed E-state index contributed by atoms with van der Waals surface area (Å²) in [6.07, 6.45) is 7.28. The van der Waals surface area contributed by atoms with E-state index >= 15 is 0 Å². The van der Waals surface area contributed by atoms with Crippen molar-refractivity contribution in [2.75, 3.05) is 12.0 Å². The van der Waals surface area contributed by atoms with Crippen molar-refractivity contribution < 1.29 is 9.53 Å². The summed E-state index contributed by atoms with van der Waals surface area (Å²) in [5, 5.41) is 4.24. The largest absolute Gasteiger partial charge is 0.497 e. The summed E-state index contributed by atoms with van der Waals surface area (Å²) in [7, 11) is 3.58. The van der Waals surface area contributed by atoms with Gasteiger partial charge in [0.2, 0.25) is 5.91 Å². The number of rotatable bonds is 6. The average molecular weight is 339 g/mol. The molecular formula is C20H25N3O2. The lowest BCUT2D eigenvalue weighted by Gasteiger charge is -2.30. The number of benzene rings is 1. The zero-order valence-corrected chi connectivity index (χ0v) is 15.1. The van der Waals surface area contributed by atoms with Crippen LogP contribution in [0.3, 0.4) is 0 Å². The Morgan fingerprint density at radius 3 is 2.60 bits per heavy atom. The molecule has 25 heavy (non-hydrogen) atoms. The topological polar surface area (TPSA) is 47.4 Å². The molecule has 5 nitrogen and oxygen atoms in total. The van der Waals surface area contributed by atoms with Crippen LogP contribution in [0.15, 0.2) is 36.7 Å². The summed E-state index contributed by atoms with van der Waals surface area (Å²) in [5.74, 6) is 2.08. The minimum absolute atomic E-state index is 0.0764. The molecule has 1 amide bonds. The van der Waals surface area contributed by atoms with Gasteiger partial charge in [-0.3, -0.25) is 9.48 Å². The van der Waals surface area contributed by atoms with Crippen LogP contribution in [0.5, 0.6) is 5.75 Å². The van der Waals surface area contributed by atoms with Crippen molar-refractivity contribution >= 4 is 11.6 Å². The Balaban J connectivity index is 1.56. The van der Waals surface area contributed by atoms with Gasteiger partial charge in [-0.1, -0.05) is 0 Å². The van der Waals surface area contributed by atoms with Crippen molar-refractivity contribution in [2.24, 2.45) is 18.9 Å². The van der Waals surface area contributed by atoms with Crippen molar-refractivity contribution in [1.82, 2.24) is 9.78 Å². The fraction of sp³-hybridized carbons (Fsp3) is 0.500. The van der Waals surface area contributed by atoms with Gasteiger partial charge in [0.1, 0.15) is 5.75 Å². The van der Waals surface area contributed by atoms with Crippen molar-refractivity contribution in [1.29, 1.82) is 0 Å². The summed E-state index contributed by atoms with van der Waals surface area (Å²) in [4.78, 5) is 15.3. The zero-order valence-electron chi connectivity index (χ0n) is 15.1. The van der Waals surface area contributed by atoms with Crippen molar-refractivity contribution in [3.05, 3.63) is 42.2 Å². The lowest BCUT2D eigenvalue weighted by Crippen LogP contribution is -2.41. The Hall–Kier alpha value is -2.30. The molecule has 0 aliphatic heterocycles. The number of amides is 1. The first-order chi connectivity index (χ1) is 12.1. The van der Waals surface area contributed by atoms with E-state index in [0.29, 0.717) is 11.8 Å². The van der Waals surface area contributed by atoms with E-state index in [0.717, 1.165) is 17.9 Å². The predicted molar refractivity (Wildman–Crippen MR) is 96.7 cm³/mol. The van der Waals surface area contributed by atoms with Crippen LogP contribution in [0.1, 0.15) is 37.7 Å². The van der Waals surface area contributed by atoms with E-state index in [4.69, 9.17) is 4.74 Å². The number of hydrogen-bond donors (Lipinski definition) is 0. The Labute approximate surface area is 148 Å². The average Bonchev–Trinajstić information content (AvgIpc) is 3.53. The first-order valence-corrected chi connectivity index (χ1v) is 9.04. The third-order valence-corrected chi connectivity index (χ3v) is 5.56. The Bertz CT molecular complexity index is 764. The second-order valence-electron chi connectivity index (χ2n) is 7.38. The monoisotopic (exact) mass is 339 g/mol. The van der Waals surface area contributed by atoms with Gasteiger partial charge in [0.05, 0.1) is 13.3 Å². The van der Waals surface area contributed by atoms with Gasteiger partial charge >= 0.3 is 0 Å². The Morgan fingerprint density at radius 2 is 2.04 bits per heavy atom. The maximum absolute atomic E-state index is 13.3. The molecule has 2 aliphatic carbocycles. The molecular weight excluding hydrogens is 314 g/mol. The summed E-state index contributed by atoms with van der Waals surface area (Å²) in [5.41, 5.74) is 2.15. The number of aromatic nitrogens is 2. The fourth-order valence-electron chi connectivity index (χ4n) is 3.74. The maximum atomic E-state index is 13.3. The standard InChI is InChI=1S/C20H25N3O2/c1-13(14-4-5-14)23(16-6-8-17(25-3)9-7-16)20(24)19-10-18(19)15-11-21-22(2)12-15/h6-9,11-14,18-19H,4-5,10H2,1-3H3. The van der Waals surface area contributed by atoms with Crippen LogP contribution in [0.25, 0.3) is 0 Å². The second kappa shape index (κ2) is 6.21. The van der Waals surface area contributed by atoms with Gasteiger partial charge in [0.25, 0.3) is 0 Å². The highest BCUT2D eigenvalue weighted by molar-refractivity contribution is 5.98. The molecule has 0 saturated heterocycles. The molecule has 4 rings (SSSR count). The highest BCUT2D eigenvalue weighted by Gasteiger charge is 2.48. The Morgan fingerprint density at radius 1 is 1.32 bits per heavy atom. The van der Waals surface area contributed by atoms with Gasteiger partial charge in [0, 0.05) is 30.9 Å². The van der Waals surface area contributed by atoms with Crippen LogP contribution in [0, 0.1) is 11.8 Å². The number of carbonyl (C=O) groups excluding carboxylic acids is 1. The van der Waals surface area contributed by atoms with Crippen molar-refractivity contribution in [3.8, 4) is 5.75 Å². The third kappa shape index (κ3) is 3.15. The molecule has 0 spiro atoms. The third-order valence-electron chi connectivity index (χ3n) is 5.56. The van der Waals surface area contributed by atoms with E-state index in [1.165, 1.54) is 18.4 Å². The first kappa shape index (κ1) is 16.2. The zero-order chi connectivity index (χ0) is 17.6. The molecule has 132 valence electrons. The normalized spacial score (nSPS) is 23.2. The van der Waals surface area contributed by atoms with E-state index in [2.05, 4.69) is 12.0 Å². The first-order valence-electron chi connectivity index (χ1n) is 9.04. The van der Waals surface area contributed by atoms with Crippen molar-refractivity contribution in [2.45, 2.75) is 38.1 Å². The number of nitrogens with zero attached hydrogens (tertiary/aromatic N) is 3. The van der Waals surface area contributed by atoms with Crippen LogP contribution >= 0.6 is 0 Å². The number of anilines is 1. The Kier molecular flexibility index (Phi) is 4.02. The van der Waals surface area contributed by atoms with Crippen LogP contribution in [0.4, 0.5) is 5.69 Å². The number of carbonyl (C=O) groups is 1. The molecule has 1 heterocycles. The van der Waals surface area contributed by atoms with Gasteiger partial charge in [-0.2, -0.15) is 5.10 Å². The fourth-order valence-corrected chi connectivity index (χ4v) is 3.74. The van der Waals surface area contributed by atoms with Crippen LogP contribution in [-0.4, -0.2) is 28.8 Å². The summed E-state index contributed by atoms with van der Waals surface area (Å²) < 4.78 is 7.06. The molecule has 3 atom stereocenters. The molecule has 2 saturated carbocycles. The van der Waals surface area contributed by atoms with E-state index in [1.807, 2.05) is 53.3 Å². The molecule has 0 bridgehead atoms. The quantitative estimate of drug-likeness (QED) is 0.811. The predicted octanol–water partition coefficient (Wildman–Crippen LogP) is 3.36. The minimum atomic E-state index is 0.0764. The molecule has 3 unspecified atom stereocenters. The summed E-state index contributed by atoms with van der Waals surface area (Å²) >= 11 is 0. The van der Waals surface area contributed by atoms with E-state index < -0.39 is 0 Å². The molecule has 1 aromatic heterocycles. The van der Waals surface area contributed by atoms with Gasteiger partial charge in [-0.05, 0) is 67.9 Å². The highest BCUT2D eigenvalue weighted by atomic mass is 16.5. The summed E-state index contributed by atoms with van der Waals surface area (Å²) in [6.45, 7) is 2.18. The second-order valence-corrected chi connectivity index (χ2v) is 7.38. The molecule has 0 N–H and O–H groups in total. The molecule has 1 aromatic carbocycles. The van der Waals surface area contributed by atoms with Gasteiger partial charge < -0.3 is 9.64 Å². The molecule has 0 radical (unpaired) electrons. The van der Waals surface area contributed by atoms with E-state index in [1.54, 1.807) is 7.11 Å². The lowest BCUT2D eigenvalue weighted by molar-refractivity contribution is -0.120. The molecule has 2 aromatic rings.